The molecule has 18 heavy (non-hydrogen) atoms. The van der Waals surface area contributed by atoms with Gasteiger partial charge in [-0.2, -0.15) is 9.57 Å². The number of sulfonamides is 1. The Morgan fingerprint density at radius 2 is 2.33 bits per heavy atom. The van der Waals surface area contributed by atoms with Crippen LogP contribution in [-0.4, -0.2) is 56.1 Å². The van der Waals surface area contributed by atoms with Crippen LogP contribution in [0, 0.1) is 11.3 Å². The lowest BCUT2D eigenvalue weighted by atomic mass is 10.2. The molecule has 2 N–H and O–H groups in total. The van der Waals surface area contributed by atoms with Crippen molar-refractivity contribution in [2.45, 2.75) is 25.1 Å². The normalized spacial score (nSPS) is 23.1. The lowest BCUT2D eigenvalue weighted by molar-refractivity contribution is -0.125. The Kier molecular flexibility index (Phi) is 5.07. The molecule has 1 amide bonds. The summed E-state index contributed by atoms with van der Waals surface area (Å²) in [7, 11) is -3.75. The van der Waals surface area contributed by atoms with E-state index in [0.29, 0.717) is 13.1 Å². The van der Waals surface area contributed by atoms with Gasteiger partial charge in [-0.1, -0.05) is 0 Å². The predicted octanol–water partition coefficient (Wildman–Crippen LogP) is -1.36. The number of piperazine rings is 1. The van der Waals surface area contributed by atoms with Gasteiger partial charge in [-0.05, 0) is 13.8 Å². The first-order valence-corrected chi connectivity index (χ1v) is 7.34. The van der Waals surface area contributed by atoms with Gasteiger partial charge in [0.2, 0.25) is 15.9 Å². The molecule has 0 radical (unpaired) electrons. The summed E-state index contributed by atoms with van der Waals surface area (Å²) in [4.78, 5) is 11.8. The Balaban J connectivity index is 2.97. The summed E-state index contributed by atoms with van der Waals surface area (Å²) in [5.74, 6) is -0.335. The number of carbonyl (C=O) groups excluding carboxylic acids is 1. The van der Waals surface area contributed by atoms with Crippen LogP contribution >= 0.6 is 0 Å². The zero-order valence-electron chi connectivity index (χ0n) is 10.5. The quantitative estimate of drug-likeness (QED) is 0.659. The summed E-state index contributed by atoms with van der Waals surface area (Å²) in [6.07, 6.45) is 0. The fraction of sp³-hybridized carbons (Fsp3) is 0.800. The SMILES string of the molecule is CCNC(=O)C1CNCCN1S(=O)(=O)C(C)C#N. The fourth-order valence-electron chi connectivity index (χ4n) is 1.78. The second kappa shape index (κ2) is 6.13. The van der Waals surface area contributed by atoms with Gasteiger partial charge in [0.1, 0.15) is 6.04 Å². The largest absolute Gasteiger partial charge is 0.355 e. The molecular formula is C10H18N4O3S. The minimum Gasteiger partial charge on any atom is -0.355 e. The molecule has 0 aromatic heterocycles. The van der Waals surface area contributed by atoms with Gasteiger partial charge in [-0.3, -0.25) is 4.79 Å². The van der Waals surface area contributed by atoms with Gasteiger partial charge in [0.15, 0.2) is 5.25 Å². The molecule has 1 heterocycles. The molecule has 1 saturated heterocycles. The number of nitrogens with one attached hydrogen (secondary N) is 2. The Bertz CT molecular complexity index is 443. The number of rotatable bonds is 4. The Morgan fingerprint density at radius 3 is 2.89 bits per heavy atom. The number of amides is 1. The molecule has 1 aliphatic rings. The summed E-state index contributed by atoms with van der Waals surface area (Å²) in [5, 5.41) is 13.2. The van der Waals surface area contributed by atoms with Crippen LogP contribution in [0.3, 0.4) is 0 Å². The molecule has 0 spiro atoms. The summed E-state index contributed by atoms with van der Waals surface area (Å²) in [5.41, 5.74) is 0. The third-order valence-electron chi connectivity index (χ3n) is 2.80. The van der Waals surface area contributed by atoms with Crippen molar-refractivity contribution < 1.29 is 13.2 Å². The molecule has 0 aliphatic carbocycles. The Hall–Kier alpha value is -1.17. The van der Waals surface area contributed by atoms with Crippen molar-refractivity contribution in [1.82, 2.24) is 14.9 Å². The van der Waals surface area contributed by atoms with Gasteiger partial charge in [0, 0.05) is 26.2 Å². The molecule has 1 rings (SSSR count). The molecule has 1 fully saturated rings. The van der Waals surface area contributed by atoms with Crippen molar-refractivity contribution in [3.63, 3.8) is 0 Å². The average Bonchev–Trinajstić information content (AvgIpc) is 2.38. The number of carbonyl (C=O) groups is 1. The van der Waals surface area contributed by atoms with E-state index in [1.54, 1.807) is 13.0 Å². The number of hydrogen-bond acceptors (Lipinski definition) is 5. The summed E-state index contributed by atoms with van der Waals surface area (Å²) in [6, 6.07) is 0.934. The topological polar surface area (TPSA) is 102 Å². The molecule has 102 valence electrons. The lowest BCUT2D eigenvalue weighted by Gasteiger charge is -2.34. The van der Waals surface area contributed by atoms with Crippen LogP contribution in [0.5, 0.6) is 0 Å². The van der Waals surface area contributed by atoms with Gasteiger partial charge in [-0.15, -0.1) is 0 Å². The molecule has 0 saturated carbocycles. The highest BCUT2D eigenvalue weighted by Crippen LogP contribution is 2.14. The monoisotopic (exact) mass is 274 g/mol. The van der Waals surface area contributed by atoms with Crippen molar-refractivity contribution in [2.24, 2.45) is 0 Å². The van der Waals surface area contributed by atoms with Gasteiger partial charge in [0.25, 0.3) is 0 Å². The Morgan fingerprint density at radius 1 is 1.67 bits per heavy atom. The van der Waals surface area contributed by atoms with Crippen LogP contribution in [0.4, 0.5) is 0 Å². The number of hydrogen-bond donors (Lipinski definition) is 2. The van der Waals surface area contributed by atoms with Gasteiger partial charge in [-0.25, -0.2) is 8.42 Å². The molecule has 2 unspecified atom stereocenters. The van der Waals surface area contributed by atoms with Crippen molar-refractivity contribution in [1.29, 1.82) is 5.26 Å². The van der Waals surface area contributed by atoms with E-state index >= 15 is 0 Å². The zero-order valence-corrected chi connectivity index (χ0v) is 11.3. The molecule has 0 aromatic rings. The minimum atomic E-state index is -3.75. The number of nitrogens with zero attached hydrogens (tertiary/aromatic N) is 2. The van der Waals surface area contributed by atoms with E-state index in [1.807, 2.05) is 0 Å². The molecule has 8 heteroatoms. The highest BCUT2D eigenvalue weighted by molar-refractivity contribution is 7.90. The van der Waals surface area contributed by atoms with Crippen LogP contribution in [0.25, 0.3) is 0 Å². The standard InChI is InChI=1S/C10H18N4O3S/c1-3-13-10(15)9-7-12-4-5-14(9)18(16,17)8(2)6-11/h8-9,12H,3-5,7H2,1-2H3,(H,13,15). The first-order valence-electron chi connectivity index (χ1n) is 5.83. The average molecular weight is 274 g/mol. The highest BCUT2D eigenvalue weighted by atomic mass is 32.2. The number of nitriles is 1. The Labute approximate surface area is 107 Å². The van der Waals surface area contributed by atoms with Crippen molar-refractivity contribution in [3.05, 3.63) is 0 Å². The second-order valence-electron chi connectivity index (χ2n) is 4.04. The molecular weight excluding hydrogens is 256 g/mol. The maximum absolute atomic E-state index is 12.1. The summed E-state index contributed by atoms with van der Waals surface area (Å²) < 4.78 is 25.4. The third-order valence-corrected chi connectivity index (χ3v) is 4.89. The maximum Gasteiger partial charge on any atom is 0.239 e. The lowest BCUT2D eigenvalue weighted by Crippen LogP contribution is -2.60. The van der Waals surface area contributed by atoms with E-state index in [9.17, 15) is 13.2 Å². The first kappa shape index (κ1) is 14.9. The maximum atomic E-state index is 12.1. The van der Waals surface area contributed by atoms with Crippen LogP contribution < -0.4 is 10.6 Å². The third kappa shape index (κ3) is 2.98. The van der Waals surface area contributed by atoms with E-state index in [4.69, 9.17) is 5.26 Å². The van der Waals surface area contributed by atoms with E-state index in [-0.39, 0.29) is 19.0 Å². The smallest absolute Gasteiger partial charge is 0.239 e. The van der Waals surface area contributed by atoms with Crippen LogP contribution in [-0.2, 0) is 14.8 Å². The molecule has 0 aromatic carbocycles. The minimum absolute atomic E-state index is 0.205. The first-order chi connectivity index (χ1) is 8.45. The molecule has 1 aliphatic heterocycles. The van der Waals surface area contributed by atoms with E-state index in [2.05, 4.69) is 10.6 Å². The molecule has 2 atom stereocenters. The van der Waals surface area contributed by atoms with Gasteiger partial charge < -0.3 is 10.6 Å². The van der Waals surface area contributed by atoms with E-state index in [0.717, 1.165) is 4.31 Å². The summed E-state index contributed by atoms with van der Waals surface area (Å²) in [6.45, 7) is 4.49. The summed E-state index contributed by atoms with van der Waals surface area (Å²) >= 11 is 0. The van der Waals surface area contributed by atoms with Crippen LogP contribution in [0.2, 0.25) is 0 Å². The molecule has 0 bridgehead atoms. The zero-order chi connectivity index (χ0) is 13.8. The fourth-order valence-corrected chi connectivity index (χ4v) is 3.19. The van der Waals surface area contributed by atoms with E-state index in [1.165, 1.54) is 6.92 Å². The second-order valence-corrected chi connectivity index (χ2v) is 6.25. The van der Waals surface area contributed by atoms with Crippen molar-refractivity contribution >= 4 is 15.9 Å². The van der Waals surface area contributed by atoms with Crippen LogP contribution in [0.1, 0.15) is 13.8 Å². The van der Waals surface area contributed by atoms with Crippen molar-refractivity contribution in [3.8, 4) is 6.07 Å². The predicted molar refractivity (Wildman–Crippen MR) is 66.0 cm³/mol. The van der Waals surface area contributed by atoms with E-state index < -0.39 is 21.3 Å². The van der Waals surface area contributed by atoms with Gasteiger partial charge in [0.05, 0.1) is 6.07 Å². The van der Waals surface area contributed by atoms with Gasteiger partial charge >= 0.3 is 0 Å². The number of likely N-dealkylation sites (N-methyl/N-ethyl adjacent to an activating group) is 1. The highest BCUT2D eigenvalue weighted by Gasteiger charge is 2.39. The van der Waals surface area contributed by atoms with Crippen LogP contribution in [0.15, 0.2) is 0 Å². The molecule has 7 nitrogen and oxygen atoms in total. The van der Waals surface area contributed by atoms with Crippen molar-refractivity contribution in [2.75, 3.05) is 26.2 Å².